The fourth-order valence-electron chi connectivity index (χ4n) is 4.69. The first-order valence-electron chi connectivity index (χ1n) is 10.5. The Morgan fingerprint density at radius 1 is 0.600 bits per heavy atom. The van der Waals surface area contributed by atoms with Crippen LogP contribution < -0.4 is 14.4 Å². The van der Waals surface area contributed by atoms with Crippen LogP contribution in [0.4, 0.5) is 11.4 Å². The predicted molar refractivity (Wildman–Crippen MR) is 131 cm³/mol. The highest BCUT2D eigenvalue weighted by Crippen LogP contribution is 2.39. The minimum atomic E-state index is 1.21. The van der Waals surface area contributed by atoms with Crippen LogP contribution in [0.1, 0.15) is 16.7 Å². The highest BCUT2D eigenvalue weighted by molar-refractivity contribution is 6.09. The third-order valence-corrected chi connectivity index (χ3v) is 6.18. The van der Waals surface area contributed by atoms with E-state index < -0.39 is 0 Å². The van der Waals surface area contributed by atoms with Crippen LogP contribution in [0.2, 0.25) is 0 Å². The molecule has 1 heterocycles. The molecule has 0 saturated carbocycles. The zero-order chi connectivity index (χ0) is 21.7. The summed E-state index contributed by atoms with van der Waals surface area (Å²) in [5.41, 5.74) is 11.6. The largest absolute Gasteiger partial charge is 0.377 e. The van der Waals surface area contributed by atoms with Gasteiger partial charge in [-0.05, 0) is 61.7 Å². The Kier molecular flexibility index (Phi) is 4.93. The maximum atomic E-state index is 2.34. The molecule has 0 unspecified atom stereocenters. The quantitative estimate of drug-likeness (QED) is 0.331. The summed E-state index contributed by atoms with van der Waals surface area (Å²) in [7, 11) is 10.6. The van der Waals surface area contributed by atoms with Crippen molar-refractivity contribution in [3.63, 3.8) is 0 Å². The number of pyridine rings is 1. The van der Waals surface area contributed by atoms with Crippen molar-refractivity contribution in [2.45, 2.75) is 20.8 Å². The van der Waals surface area contributed by atoms with Gasteiger partial charge in [-0.25, -0.2) is 0 Å². The molecule has 3 nitrogen and oxygen atoms in total. The van der Waals surface area contributed by atoms with E-state index >= 15 is 0 Å². The second-order valence-electron chi connectivity index (χ2n) is 8.90. The second-order valence-corrected chi connectivity index (χ2v) is 8.90. The molecule has 154 valence electrons. The maximum Gasteiger partial charge on any atom is 0.215 e. The molecule has 0 amide bonds. The minimum absolute atomic E-state index is 1.21. The Bertz CT molecular complexity index is 1190. The Morgan fingerprint density at radius 2 is 1.03 bits per heavy atom. The summed E-state index contributed by atoms with van der Waals surface area (Å²) in [4.78, 5) is 4.34. The van der Waals surface area contributed by atoms with Crippen molar-refractivity contribution in [2.75, 3.05) is 38.0 Å². The van der Waals surface area contributed by atoms with Crippen molar-refractivity contribution < 1.29 is 4.57 Å². The molecule has 0 radical (unpaired) electrons. The van der Waals surface area contributed by atoms with Gasteiger partial charge in [-0.15, -0.1) is 0 Å². The summed E-state index contributed by atoms with van der Waals surface area (Å²) in [5.74, 6) is 0. The maximum absolute atomic E-state index is 2.34. The first-order valence-corrected chi connectivity index (χ1v) is 10.5. The van der Waals surface area contributed by atoms with Crippen molar-refractivity contribution in [2.24, 2.45) is 7.05 Å². The van der Waals surface area contributed by atoms with Crippen molar-refractivity contribution in [1.82, 2.24) is 0 Å². The van der Waals surface area contributed by atoms with Gasteiger partial charge in [-0.3, -0.25) is 0 Å². The Morgan fingerprint density at radius 3 is 1.43 bits per heavy atom. The number of fused-ring (bicyclic) bond motifs is 2. The first kappa shape index (κ1) is 20.2. The van der Waals surface area contributed by atoms with Crippen molar-refractivity contribution in [3.05, 3.63) is 65.2 Å². The fraction of sp³-hybridized carbons (Fsp3) is 0.296. The second kappa shape index (κ2) is 7.32. The Hall–Kier alpha value is -3.07. The number of benzene rings is 3. The van der Waals surface area contributed by atoms with Gasteiger partial charge in [0.2, 0.25) is 11.0 Å². The highest BCUT2D eigenvalue weighted by Gasteiger charge is 2.22. The van der Waals surface area contributed by atoms with Gasteiger partial charge in [-0.1, -0.05) is 17.7 Å². The summed E-state index contributed by atoms with van der Waals surface area (Å²) >= 11 is 0. The molecule has 3 aromatic carbocycles. The lowest BCUT2D eigenvalue weighted by atomic mass is 9.88. The summed E-state index contributed by atoms with van der Waals surface area (Å²) < 4.78 is 2.34. The molecule has 0 aliphatic carbocycles. The normalized spacial score (nSPS) is 11.3. The van der Waals surface area contributed by atoms with E-state index in [1.54, 1.807) is 0 Å². The molecule has 0 atom stereocenters. The van der Waals surface area contributed by atoms with Gasteiger partial charge < -0.3 is 9.80 Å². The summed E-state index contributed by atoms with van der Waals surface area (Å²) in [6.45, 7) is 6.66. The van der Waals surface area contributed by atoms with Gasteiger partial charge in [0.05, 0.1) is 10.8 Å². The molecule has 0 aliphatic heterocycles. The third-order valence-electron chi connectivity index (χ3n) is 6.18. The van der Waals surface area contributed by atoms with Crippen LogP contribution in [0.15, 0.2) is 48.5 Å². The number of hydrogen-bond donors (Lipinski definition) is 0. The molecule has 0 bridgehead atoms. The summed E-state index contributed by atoms with van der Waals surface area (Å²) in [6.07, 6.45) is 0. The average Bonchev–Trinajstić information content (AvgIpc) is 2.68. The molecule has 0 aliphatic rings. The summed E-state index contributed by atoms with van der Waals surface area (Å²) in [6, 6.07) is 18.2. The van der Waals surface area contributed by atoms with Gasteiger partial charge in [0.15, 0.2) is 0 Å². The van der Waals surface area contributed by atoms with Gasteiger partial charge in [-0.2, -0.15) is 4.57 Å². The molecule has 0 spiro atoms. The fourth-order valence-corrected chi connectivity index (χ4v) is 4.69. The van der Waals surface area contributed by atoms with E-state index in [9.17, 15) is 0 Å². The van der Waals surface area contributed by atoms with Crippen LogP contribution in [0.3, 0.4) is 0 Å². The van der Waals surface area contributed by atoms with E-state index in [2.05, 4.69) is 119 Å². The van der Waals surface area contributed by atoms with E-state index in [0.717, 1.165) is 0 Å². The molecule has 1 aromatic heterocycles. The number of rotatable bonds is 3. The monoisotopic (exact) mass is 398 g/mol. The molecule has 0 fully saturated rings. The van der Waals surface area contributed by atoms with Crippen molar-refractivity contribution in [3.8, 4) is 11.1 Å². The number of anilines is 2. The van der Waals surface area contributed by atoms with E-state index in [0.29, 0.717) is 0 Å². The van der Waals surface area contributed by atoms with E-state index in [-0.39, 0.29) is 0 Å². The van der Waals surface area contributed by atoms with Crippen LogP contribution in [0.25, 0.3) is 32.9 Å². The first-order chi connectivity index (χ1) is 14.2. The SMILES string of the molecule is Cc1cc(C)c(-c2c3ccc(N(C)C)cc3[n+](C)c3cc(N(C)C)ccc23)c(C)c1. The van der Waals surface area contributed by atoms with Crippen LogP contribution in [-0.2, 0) is 7.05 Å². The highest BCUT2D eigenvalue weighted by atomic mass is 15.1. The third kappa shape index (κ3) is 3.19. The van der Waals surface area contributed by atoms with Crippen LogP contribution in [-0.4, -0.2) is 28.2 Å². The topological polar surface area (TPSA) is 10.4 Å². The van der Waals surface area contributed by atoms with E-state index in [1.165, 1.54) is 61.0 Å². The molecule has 0 N–H and O–H groups in total. The molecule has 30 heavy (non-hydrogen) atoms. The number of aryl methyl sites for hydroxylation is 4. The van der Waals surface area contributed by atoms with Crippen LogP contribution >= 0.6 is 0 Å². The smallest absolute Gasteiger partial charge is 0.215 e. The Labute approximate surface area is 180 Å². The number of nitrogens with zero attached hydrogens (tertiary/aromatic N) is 3. The van der Waals surface area contributed by atoms with Crippen LogP contribution in [0.5, 0.6) is 0 Å². The lowest BCUT2D eigenvalue weighted by Gasteiger charge is -2.19. The van der Waals surface area contributed by atoms with E-state index in [4.69, 9.17) is 0 Å². The molecule has 4 rings (SSSR count). The predicted octanol–water partition coefficient (Wildman–Crippen LogP) is 5.54. The standard InChI is InChI=1S/C27H32N3/c1-17-13-18(2)26(19(3)14-17)27-22-11-9-20(28(4)5)15-24(22)30(8)25-16-21(29(6)7)10-12-23(25)27/h9-16H,1-8H3/q+1. The number of hydrogen-bond acceptors (Lipinski definition) is 2. The Balaban J connectivity index is 2.23. The lowest BCUT2D eigenvalue weighted by molar-refractivity contribution is -0.617. The average molecular weight is 399 g/mol. The molecule has 3 heteroatoms. The van der Waals surface area contributed by atoms with Crippen molar-refractivity contribution in [1.29, 1.82) is 0 Å². The minimum Gasteiger partial charge on any atom is -0.377 e. The van der Waals surface area contributed by atoms with Gasteiger partial charge in [0.1, 0.15) is 7.05 Å². The van der Waals surface area contributed by atoms with Crippen molar-refractivity contribution >= 4 is 33.2 Å². The van der Waals surface area contributed by atoms with Gasteiger partial charge in [0, 0.05) is 57.3 Å². The van der Waals surface area contributed by atoms with E-state index in [1.807, 2.05) is 0 Å². The molecule has 0 saturated heterocycles. The van der Waals surface area contributed by atoms with Gasteiger partial charge in [0.25, 0.3) is 0 Å². The molecular weight excluding hydrogens is 366 g/mol. The zero-order valence-corrected chi connectivity index (χ0v) is 19.5. The van der Waals surface area contributed by atoms with Gasteiger partial charge >= 0.3 is 0 Å². The zero-order valence-electron chi connectivity index (χ0n) is 19.5. The number of aromatic nitrogens is 1. The molecule has 4 aromatic rings. The summed E-state index contributed by atoms with van der Waals surface area (Å²) in [5, 5.41) is 2.59. The molecular formula is C27H32N3+. The lowest BCUT2D eigenvalue weighted by Crippen LogP contribution is -2.31. The van der Waals surface area contributed by atoms with Crippen LogP contribution in [0, 0.1) is 20.8 Å².